The standard InChI is InChI=1S/C21H21N3O3/c1-26-18-10-7-15(8-11-18)21(25)24-17-9-12-20(23-14-17)22-13-16-5-3-4-6-19(16)27-2/h3-12,14H,13H2,1-2H3,(H,22,23)(H,24,25). The van der Waals surface area contributed by atoms with E-state index in [4.69, 9.17) is 9.47 Å². The van der Waals surface area contributed by atoms with Gasteiger partial charge in [0.15, 0.2) is 0 Å². The number of benzene rings is 2. The minimum absolute atomic E-state index is 0.200. The van der Waals surface area contributed by atoms with Crippen LogP contribution in [0.1, 0.15) is 15.9 Å². The van der Waals surface area contributed by atoms with Gasteiger partial charge in [-0.3, -0.25) is 4.79 Å². The Bertz CT molecular complexity index is 893. The van der Waals surface area contributed by atoms with Crippen LogP contribution in [-0.2, 0) is 6.54 Å². The highest BCUT2D eigenvalue weighted by molar-refractivity contribution is 6.04. The number of para-hydroxylation sites is 1. The molecule has 3 aromatic rings. The van der Waals surface area contributed by atoms with Gasteiger partial charge in [0.2, 0.25) is 0 Å². The molecular weight excluding hydrogens is 342 g/mol. The summed E-state index contributed by atoms with van der Waals surface area (Å²) in [4.78, 5) is 16.6. The molecule has 0 bridgehead atoms. The van der Waals surface area contributed by atoms with Crippen molar-refractivity contribution in [3.8, 4) is 11.5 Å². The van der Waals surface area contributed by atoms with Crippen molar-refractivity contribution in [3.05, 3.63) is 78.0 Å². The van der Waals surface area contributed by atoms with E-state index in [1.54, 1.807) is 50.7 Å². The van der Waals surface area contributed by atoms with Crippen LogP contribution in [0.15, 0.2) is 66.9 Å². The summed E-state index contributed by atoms with van der Waals surface area (Å²) in [6, 6.07) is 18.4. The third-order valence-corrected chi connectivity index (χ3v) is 4.03. The van der Waals surface area contributed by atoms with E-state index in [0.717, 1.165) is 11.3 Å². The molecule has 2 aromatic carbocycles. The molecule has 0 spiro atoms. The van der Waals surface area contributed by atoms with Crippen LogP contribution < -0.4 is 20.1 Å². The van der Waals surface area contributed by atoms with Gasteiger partial charge in [0.25, 0.3) is 5.91 Å². The Labute approximate surface area is 158 Å². The van der Waals surface area contributed by atoms with Gasteiger partial charge in [0, 0.05) is 17.7 Å². The molecule has 0 aliphatic rings. The van der Waals surface area contributed by atoms with Crippen molar-refractivity contribution in [2.75, 3.05) is 24.9 Å². The van der Waals surface area contributed by atoms with Crippen LogP contribution in [0.25, 0.3) is 0 Å². The minimum atomic E-state index is -0.200. The van der Waals surface area contributed by atoms with Gasteiger partial charge in [-0.2, -0.15) is 0 Å². The number of hydrogen-bond acceptors (Lipinski definition) is 5. The predicted molar refractivity (Wildman–Crippen MR) is 106 cm³/mol. The van der Waals surface area contributed by atoms with E-state index < -0.39 is 0 Å². The number of ether oxygens (including phenoxy) is 2. The second kappa shape index (κ2) is 8.71. The second-order valence-electron chi connectivity index (χ2n) is 5.78. The molecule has 0 unspecified atom stereocenters. The maximum absolute atomic E-state index is 12.3. The van der Waals surface area contributed by atoms with Crippen LogP contribution in [0.4, 0.5) is 11.5 Å². The predicted octanol–water partition coefficient (Wildman–Crippen LogP) is 3.96. The number of aromatic nitrogens is 1. The van der Waals surface area contributed by atoms with Crippen LogP contribution >= 0.6 is 0 Å². The highest BCUT2D eigenvalue weighted by Gasteiger charge is 2.07. The molecule has 0 fully saturated rings. The number of rotatable bonds is 7. The van der Waals surface area contributed by atoms with E-state index >= 15 is 0 Å². The summed E-state index contributed by atoms with van der Waals surface area (Å²) in [5.41, 5.74) is 2.21. The number of carbonyl (C=O) groups excluding carboxylic acids is 1. The van der Waals surface area contributed by atoms with Crippen LogP contribution in [-0.4, -0.2) is 25.1 Å². The summed E-state index contributed by atoms with van der Waals surface area (Å²) < 4.78 is 10.4. The van der Waals surface area contributed by atoms with Gasteiger partial charge in [-0.05, 0) is 42.5 Å². The van der Waals surface area contributed by atoms with Crippen molar-refractivity contribution in [1.29, 1.82) is 0 Å². The van der Waals surface area contributed by atoms with Crippen LogP contribution in [0.3, 0.4) is 0 Å². The number of amides is 1. The average molecular weight is 363 g/mol. The normalized spacial score (nSPS) is 10.1. The number of methoxy groups -OCH3 is 2. The quantitative estimate of drug-likeness (QED) is 0.665. The fourth-order valence-corrected chi connectivity index (χ4v) is 2.55. The van der Waals surface area contributed by atoms with Gasteiger partial charge in [-0.15, -0.1) is 0 Å². The van der Waals surface area contributed by atoms with E-state index in [9.17, 15) is 4.79 Å². The van der Waals surface area contributed by atoms with Crippen LogP contribution in [0.2, 0.25) is 0 Å². The van der Waals surface area contributed by atoms with Gasteiger partial charge >= 0.3 is 0 Å². The molecule has 0 aliphatic heterocycles. The molecule has 0 saturated heterocycles. The van der Waals surface area contributed by atoms with E-state index in [0.29, 0.717) is 29.4 Å². The molecule has 2 N–H and O–H groups in total. The molecule has 6 nitrogen and oxygen atoms in total. The Morgan fingerprint density at radius 2 is 1.74 bits per heavy atom. The minimum Gasteiger partial charge on any atom is -0.497 e. The van der Waals surface area contributed by atoms with Gasteiger partial charge < -0.3 is 20.1 Å². The molecule has 3 rings (SSSR count). The lowest BCUT2D eigenvalue weighted by atomic mass is 10.2. The SMILES string of the molecule is COc1ccc(C(=O)Nc2ccc(NCc3ccccc3OC)nc2)cc1. The Morgan fingerprint density at radius 3 is 2.41 bits per heavy atom. The molecule has 0 atom stereocenters. The maximum Gasteiger partial charge on any atom is 0.255 e. The highest BCUT2D eigenvalue weighted by atomic mass is 16.5. The van der Waals surface area contributed by atoms with E-state index in [-0.39, 0.29) is 5.91 Å². The fraction of sp³-hybridized carbons (Fsp3) is 0.143. The Morgan fingerprint density at radius 1 is 0.963 bits per heavy atom. The zero-order valence-corrected chi connectivity index (χ0v) is 15.2. The van der Waals surface area contributed by atoms with E-state index in [2.05, 4.69) is 15.6 Å². The number of carbonyl (C=O) groups is 1. The fourth-order valence-electron chi connectivity index (χ4n) is 2.55. The van der Waals surface area contributed by atoms with E-state index in [1.165, 1.54) is 0 Å². The first-order valence-electron chi connectivity index (χ1n) is 8.47. The average Bonchev–Trinajstić information content (AvgIpc) is 2.73. The molecule has 1 heterocycles. The highest BCUT2D eigenvalue weighted by Crippen LogP contribution is 2.19. The van der Waals surface area contributed by atoms with Crippen molar-refractivity contribution in [2.45, 2.75) is 6.54 Å². The van der Waals surface area contributed by atoms with Crippen LogP contribution in [0, 0.1) is 0 Å². The van der Waals surface area contributed by atoms with Gasteiger partial charge in [-0.25, -0.2) is 4.98 Å². The van der Waals surface area contributed by atoms with Crippen molar-refractivity contribution in [1.82, 2.24) is 4.98 Å². The number of anilines is 2. The van der Waals surface area contributed by atoms with Gasteiger partial charge in [0.1, 0.15) is 17.3 Å². The number of hydrogen-bond donors (Lipinski definition) is 2. The third-order valence-electron chi connectivity index (χ3n) is 4.03. The van der Waals surface area contributed by atoms with Gasteiger partial charge in [-0.1, -0.05) is 18.2 Å². The van der Waals surface area contributed by atoms with Crippen molar-refractivity contribution in [3.63, 3.8) is 0 Å². The summed E-state index contributed by atoms with van der Waals surface area (Å²) in [5, 5.41) is 6.07. The van der Waals surface area contributed by atoms with Gasteiger partial charge in [0.05, 0.1) is 26.1 Å². The summed E-state index contributed by atoms with van der Waals surface area (Å²) in [6.45, 7) is 0.592. The third kappa shape index (κ3) is 4.76. The number of pyridine rings is 1. The topological polar surface area (TPSA) is 72.5 Å². The zero-order chi connectivity index (χ0) is 19.1. The smallest absolute Gasteiger partial charge is 0.255 e. The lowest BCUT2D eigenvalue weighted by Gasteiger charge is -2.10. The number of nitrogens with zero attached hydrogens (tertiary/aromatic N) is 1. The Balaban J connectivity index is 1.58. The van der Waals surface area contributed by atoms with Crippen molar-refractivity contribution < 1.29 is 14.3 Å². The largest absolute Gasteiger partial charge is 0.497 e. The second-order valence-corrected chi connectivity index (χ2v) is 5.78. The summed E-state index contributed by atoms with van der Waals surface area (Å²) in [7, 11) is 3.24. The first-order valence-corrected chi connectivity index (χ1v) is 8.47. The number of nitrogens with one attached hydrogen (secondary N) is 2. The molecule has 0 saturated carbocycles. The summed E-state index contributed by atoms with van der Waals surface area (Å²) in [5.74, 6) is 2.05. The van der Waals surface area contributed by atoms with Crippen molar-refractivity contribution in [2.24, 2.45) is 0 Å². The zero-order valence-electron chi connectivity index (χ0n) is 15.2. The molecule has 0 aliphatic carbocycles. The molecule has 1 aromatic heterocycles. The monoisotopic (exact) mass is 363 g/mol. The Hall–Kier alpha value is -3.54. The summed E-state index contributed by atoms with van der Waals surface area (Å²) in [6.07, 6.45) is 1.62. The first kappa shape index (κ1) is 18.3. The molecular formula is C21H21N3O3. The molecule has 6 heteroatoms. The van der Waals surface area contributed by atoms with E-state index in [1.807, 2.05) is 30.3 Å². The van der Waals surface area contributed by atoms with Crippen LogP contribution in [0.5, 0.6) is 11.5 Å². The molecule has 27 heavy (non-hydrogen) atoms. The summed E-state index contributed by atoms with van der Waals surface area (Å²) >= 11 is 0. The maximum atomic E-state index is 12.3. The Kier molecular flexibility index (Phi) is 5.89. The molecule has 0 radical (unpaired) electrons. The first-order chi connectivity index (χ1) is 13.2. The lowest BCUT2D eigenvalue weighted by molar-refractivity contribution is 0.102. The molecule has 1 amide bonds. The van der Waals surface area contributed by atoms with Crippen molar-refractivity contribution >= 4 is 17.4 Å². The lowest BCUT2D eigenvalue weighted by Crippen LogP contribution is -2.12. The molecule has 138 valence electrons.